The van der Waals surface area contributed by atoms with Crippen molar-refractivity contribution < 1.29 is 9.59 Å². The number of nitrogens with one attached hydrogen (secondary N) is 3. The number of urea groups is 1. The molecule has 154 valence electrons. The summed E-state index contributed by atoms with van der Waals surface area (Å²) in [6, 6.07) is 15.4. The monoisotopic (exact) mass is 402 g/mol. The third-order valence-electron chi connectivity index (χ3n) is 6.63. The molecule has 3 N–H and O–H groups in total. The Kier molecular flexibility index (Phi) is 4.79. The van der Waals surface area contributed by atoms with Crippen molar-refractivity contribution in [1.82, 2.24) is 20.5 Å². The van der Waals surface area contributed by atoms with Crippen molar-refractivity contribution in [1.29, 1.82) is 0 Å². The first-order valence-corrected chi connectivity index (χ1v) is 10.5. The molecule has 30 heavy (non-hydrogen) atoms. The number of benzene rings is 2. The van der Waals surface area contributed by atoms with Crippen LogP contribution < -0.4 is 10.6 Å². The first-order chi connectivity index (χ1) is 14.6. The Morgan fingerprint density at radius 3 is 2.80 bits per heavy atom. The second-order valence-corrected chi connectivity index (χ2v) is 8.53. The summed E-state index contributed by atoms with van der Waals surface area (Å²) < 4.78 is 0. The van der Waals surface area contributed by atoms with Crippen molar-refractivity contribution in [2.75, 3.05) is 20.1 Å². The van der Waals surface area contributed by atoms with E-state index < -0.39 is 6.03 Å². The number of hydrogen-bond donors (Lipinski definition) is 3. The van der Waals surface area contributed by atoms with Crippen LogP contribution in [0.2, 0.25) is 0 Å². The van der Waals surface area contributed by atoms with E-state index in [9.17, 15) is 9.59 Å². The van der Waals surface area contributed by atoms with Crippen LogP contribution in [0.4, 0.5) is 4.79 Å². The van der Waals surface area contributed by atoms with Gasteiger partial charge in [-0.05, 0) is 55.1 Å². The molecule has 6 nitrogen and oxygen atoms in total. The fourth-order valence-corrected chi connectivity index (χ4v) is 5.25. The molecule has 1 aliphatic carbocycles. The minimum atomic E-state index is -0.438. The lowest BCUT2D eigenvalue weighted by molar-refractivity contribution is 0.0959. The van der Waals surface area contributed by atoms with Crippen molar-refractivity contribution in [2.24, 2.45) is 5.92 Å². The molecule has 0 bridgehead atoms. The Morgan fingerprint density at radius 1 is 1.13 bits per heavy atom. The van der Waals surface area contributed by atoms with E-state index in [1.807, 2.05) is 6.07 Å². The lowest BCUT2D eigenvalue weighted by Gasteiger charge is -2.45. The van der Waals surface area contributed by atoms with Gasteiger partial charge in [-0.1, -0.05) is 30.3 Å². The van der Waals surface area contributed by atoms with Crippen LogP contribution in [0, 0.1) is 5.92 Å². The zero-order valence-electron chi connectivity index (χ0n) is 17.0. The van der Waals surface area contributed by atoms with E-state index >= 15 is 0 Å². The lowest BCUT2D eigenvalue weighted by Crippen LogP contribution is -2.51. The van der Waals surface area contributed by atoms with Gasteiger partial charge in [-0.2, -0.15) is 0 Å². The fourth-order valence-electron chi connectivity index (χ4n) is 5.25. The zero-order chi connectivity index (χ0) is 20.7. The van der Waals surface area contributed by atoms with Crippen LogP contribution in [0.15, 0.2) is 54.7 Å². The number of aromatic nitrogens is 1. The Labute approximate surface area is 175 Å². The number of imide groups is 1. The standard InChI is InChI=1S/C24H26N4O2/c1-28-14-15(12-26-24(30)27-23(29)16-6-3-2-4-7-16)10-19-18-8-5-9-20-22(18)17(13-25-20)11-21(19)28/h2-9,13,15,19,21,25H,10-12,14H2,1H3,(H2,26,27,29,30)/t15?,19-,21-/m1/s1. The first kappa shape index (κ1) is 18.9. The van der Waals surface area contributed by atoms with Gasteiger partial charge in [0, 0.05) is 47.7 Å². The molecule has 2 heterocycles. The third kappa shape index (κ3) is 3.37. The molecule has 0 saturated carbocycles. The molecule has 3 aromatic rings. The molecular formula is C24H26N4O2. The fraction of sp³-hybridized carbons (Fsp3) is 0.333. The summed E-state index contributed by atoms with van der Waals surface area (Å²) in [6.07, 6.45) is 4.25. The van der Waals surface area contributed by atoms with Gasteiger partial charge in [-0.3, -0.25) is 10.1 Å². The van der Waals surface area contributed by atoms with Gasteiger partial charge in [0.2, 0.25) is 0 Å². The van der Waals surface area contributed by atoms with Gasteiger partial charge in [0.25, 0.3) is 5.91 Å². The SMILES string of the molecule is CN1CC(CNC(=O)NC(=O)c2ccccc2)C[C@@H]2c3cccc4[nH]cc(c34)C[C@H]21. The molecule has 0 spiro atoms. The van der Waals surface area contributed by atoms with Crippen LogP contribution in [-0.4, -0.2) is 48.0 Å². The molecule has 1 saturated heterocycles. The third-order valence-corrected chi connectivity index (χ3v) is 6.63. The predicted molar refractivity (Wildman–Crippen MR) is 117 cm³/mol. The van der Waals surface area contributed by atoms with Crippen LogP contribution in [-0.2, 0) is 6.42 Å². The number of amides is 3. The minimum absolute atomic E-state index is 0.338. The zero-order valence-corrected chi connectivity index (χ0v) is 17.0. The van der Waals surface area contributed by atoms with E-state index in [1.54, 1.807) is 24.3 Å². The highest BCUT2D eigenvalue weighted by Gasteiger charge is 2.39. The Balaban J connectivity index is 1.25. The Morgan fingerprint density at radius 2 is 1.97 bits per heavy atom. The predicted octanol–water partition coefficient (Wildman–Crippen LogP) is 3.27. The normalized spacial score (nSPS) is 23.0. The summed E-state index contributed by atoms with van der Waals surface area (Å²) in [5.41, 5.74) is 4.51. The summed E-state index contributed by atoms with van der Waals surface area (Å²) in [7, 11) is 2.18. The van der Waals surface area contributed by atoms with Crippen LogP contribution in [0.5, 0.6) is 0 Å². The second-order valence-electron chi connectivity index (χ2n) is 8.53. The number of fused-ring (bicyclic) bond motifs is 2. The molecular weight excluding hydrogens is 376 g/mol. The number of likely N-dealkylation sites (N-methyl/N-ethyl adjacent to an activating group) is 1. The number of likely N-dealkylation sites (tertiary alicyclic amines) is 1. The van der Waals surface area contributed by atoms with Gasteiger partial charge in [0.05, 0.1) is 0 Å². The molecule has 1 aliphatic heterocycles. The van der Waals surface area contributed by atoms with E-state index in [0.717, 1.165) is 19.4 Å². The van der Waals surface area contributed by atoms with Gasteiger partial charge in [-0.25, -0.2) is 4.79 Å². The molecule has 6 heteroatoms. The average molecular weight is 402 g/mol. The quantitative estimate of drug-likeness (QED) is 0.629. The molecule has 5 rings (SSSR count). The summed E-state index contributed by atoms with van der Waals surface area (Å²) in [5, 5.41) is 6.71. The van der Waals surface area contributed by atoms with Gasteiger partial charge in [-0.15, -0.1) is 0 Å². The number of nitrogens with zero attached hydrogens (tertiary/aromatic N) is 1. The number of H-pyrrole nitrogens is 1. The number of hydrogen-bond acceptors (Lipinski definition) is 3. The Bertz CT molecular complexity index is 1090. The van der Waals surface area contributed by atoms with E-state index in [-0.39, 0.29) is 5.91 Å². The molecule has 1 fully saturated rings. The van der Waals surface area contributed by atoms with Crippen LogP contribution >= 0.6 is 0 Å². The molecule has 1 aromatic heterocycles. The van der Waals surface area contributed by atoms with Crippen molar-refractivity contribution in [2.45, 2.75) is 24.8 Å². The van der Waals surface area contributed by atoms with Crippen LogP contribution in [0.3, 0.4) is 0 Å². The maximum absolute atomic E-state index is 12.3. The molecule has 1 unspecified atom stereocenters. The maximum Gasteiger partial charge on any atom is 0.321 e. The van der Waals surface area contributed by atoms with Gasteiger partial charge in [0.15, 0.2) is 0 Å². The summed E-state index contributed by atoms with van der Waals surface area (Å²) in [6.45, 7) is 1.49. The molecule has 0 radical (unpaired) electrons. The molecule has 3 atom stereocenters. The van der Waals surface area contributed by atoms with E-state index in [0.29, 0.717) is 30.0 Å². The van der Waals surface area contributed by atoms with E-state index in [2.05, 4.69) is 52.0 Å². The minimum Gasteiger partial charge on any atom is -0.361 e. The topological polar surface area (TPSA) is 77.2 Å². The number of piperidine rings is 1. The molecule has 2 aliphatic rings. The number of aromatic amines is 1. The highest BCUT2D eigenvalue weighted by atomic mass is 16.2. The smallest absolute Gasteiger partial charge is 0.321 e. The van der Waals surface area contributed by atoms with E-state index in [1.165, 1.54) is 22.0 Å². The van der Waals surface area contributed by atoms with Crippen molar-refractivity contribution in [3.05, 3.63) is 71.4 Å². The van der Waals surface area contributed by atoms with Gasteiger partial charge in [0.1, 0.15) is 0 Å². The highest BCUT2D eigenvalue weighted by molar-refractivity contribution is 6.04. The Hall–Kier alpha value is -3.12. The average Bonchev–Trinajstić information content (AvgIpc) is 3.18. The number of rotatable bonds is 3. The molecule has 2 aromatic carbocycles. The van der Waals surface area contributed by atoms with Crippen molar-refractivity contribution >= 4 is 22.8 Å². The summed E-state index contributed by atoms with van der Waals surface area (Å²) >= 11 is 0. The van der Waals surface area contributed by atoms with Crippen LogP contribution in [0.1, 0.15) is 33.8 Å². The maximum atomic E-state index is 12.3. The summed E-state index contributed by atoms with van der Waals surface area (Å²) in [5.74, 6) is 0.411. The van der Waals surface area contributed by atoms with Gasteiger partial charge < -0.3 is 15.2 Å². The number of carbonyl (C=O) groups is 2. The second kappa shape index (κ2) is 7.61. The molecule has 3 amide bonds. The van der Waals surface area contributed by atoms with Gasteiger partial charge >= 0.3 is 6.03 Å². The van der Waals surface area contributed by atoms with E-state index in [4.69, 9.17) is 0 Å². The highest BCUT2D eigenvalue weighted by Crippen LogP contribution is 2.44. The van der Waals surface area contributed by atoms with Crippen molar-refractivity contribution in [3.63, 3.8) is 0 Å². The summed E-state index contributed by atoms with van der Waals surface area (Å²) in [4.78, 5) is 30.3. The van der Waals surface area contributed by atoms with Crippen molar-refractivity contribution in [3.8, 4) is 0 Å². The first-order valence-electron chi connectivity index (χ1n) is 10.5. The number of carbonyl (C=O) groups excluding carboxylic acids is 2. The largest absolute Gasteiger partial charge is 0.361 e. The lowest BCUT2D eigenvalue weighted by atomic mass is 9.72. The van der Waals surface area contributed by atoms with Crippen LogP contribution in [0.25, 0.3) is 10.9 Å².